The number of nitrogens with one attached hydrogen (secondary N) is 1. The van der Waals surface area contributed by atoms with E-state index in [1.54, 1.807) is 12.0 Å². The van der Waals surface area contributed by atoms with Gasteiger partial charge in [0.15, 0.2) is 0 Å². The molecule has 7 nitrogen and oxygen atoms in total. The lowest BCUT2D eigenvalue weighted by molar-refractivity contribution is -0.384. The normalized spacial score (nSPS) is 16.5. The van der Waals surface area contributed by atoms with Gasteiger partial charge in [-0.2, -0.15) is 0 Å². The van der Waals surface area contributed by atoms with Crippen LogP contribution in [-0.2, 0) is 0 Å². The van der Waals surface area contributed by atoms with E-state index in [0.29, 0.717) is 18.8 Å². The van der Waals surface area contributed by atoms with E-state index in [1.807, 2.05) is 24.3 Å². The van der Waals surface area contributed by atoms with Crippen LogP contribution in [0.4, 0.5) is 16.2 Å². The van der Waals surface area contributed by atoms with E-state index in [9.17, 15) is 14.9 Å². The molecule has 1 N–H and O–H groups in total. The molecule has 0 bridgehead atoms. The van der Waals surface area contributed by atoms with Gasteiger partial charge < -0.3 is 15.0 Å². The van der Waals surface area contributed by atoms with Gasteiger partial charge in [-0.3, -0.25) is 10.1 Å². The lowest BCUT2D eigenvalue weighted by atomic mass is 9.97. The number of benzene rings is 2. The van der Waals surface area contributed by atoms with Gasteiger partial charge in [0.25, 0.3) is 5.69 Å². The van der Waals surface area contributed by atoms with Crippen LogP contribution in [0.1, 0.15) is 17.9 Å². The summed E-state index contributed by atoms with van der Waals surface area (Å²) in [6.45, 7) is 1.26. The summed E-state index contributed by atoms with van der Waals surface area (Å²) >= 11 is 0. The van der Waals surface area contributed by atoms with Crippen LogP contribution in [0, 0.1) is 10.1 Å². The molecule has 0 aromatic heterocycles. The first-order valence-electron chi connectivity index (χ1n) is 8.02. The highest BCUT2D eigenvalue weighted by molar-refractivity contribution is 5.89. The Kier molecular flexibility index (Phi) is 4.83. The maximum atomic E-state index is 12.4. The third kappa shape index (κ3) is 3.71. The minimum atomic E-state index is -0.468. The van der Waals surface area contributed by atoms with Gasteiger partial charge in [-0.05, 0) is 30.2 Å². The number of hydrogen-bond donors (Lipinski definition) is 1. The van der Waals surface area contributed by atoms with Crippen molar-refractivity contribution < 1.29 is 14.5 Å². The van der Waals surface area contributed by atoms with Gasteiger partial charge in [-0.15, -0.1) is 0 Å². The third-order valence-corrected chi connectivity index (χ3v) is 4.38. The van der Waals surface area contributed by atoms with Crippen molar-refractivity contribution in [3.05, 3.63) is 64.2 Å². The molecular weight excluding hydrogens is 322 g/mol. The first kappa shape index (κ1) is 16.8. The molecule has 1 heterocycles. The van der Waals surface area contributed by atoms with E-state index in [-0.39, 0.29) is 17.6 Å². The van der Waals surface area contributed by atoms with Crippen molar-refractivity contribution >= 4 is 17.4 Å². The average Bonchev–Trinajstić information content (AvgIpc) is 3.12. The van der Waals surface area contributed by atoms with Crippen molar-refractivity contribution in [3.8, 4) is 5.75 Å². The topological polar surface area (TPSA) is 84.7 Å². The fourth-order valence-corrected chi connectivity index (χ4v) is 3.07. The lowest BCUT2D eigenvalue weighted by Gasteiger charge is -2.18. The van der Waals surface area contributed by atoms with Crippen molar-refractivity contribution in [2.24, 2.45) is 0 Å². The number of amides is 2. The van der Waals surface area contributed by atoms with Gasteiger partial charge in [0, 0.05) is 36.8 Å². The van der Waals surface area contributed by atoms with E-state index in [0.717, 1.165) is 17.7 Å². The van der Waals surface area contributed by atoms with E-state index in [1.165, 1.54) is 24.3 Å². The molecule has 0 saturated carbocycles. The molecule has 1 fully saturated rings. The summed E-state index contributed by atoms with van der Waals surface area (Å²) in [6.07, 6.45) is 0.869. The molecule has 25 heavy (non-hydrogen) atoms. The molecule has 1 atom stereocenters. The van der Waals surface area contributed by atoms with Crippen LogP contribution >= 0.6 is 0 Å². The zero-order valence-corrected chi connectivity index (χ0v) is 13.8. The van der Waals surface area contributed by atoms with Crippen LogP contribution in [0.3, 0.4) is 0 Å². The minimum absolute atomic E-state index is 0.00425. The van der Waals surface area contributed by atoms with E-state index < -0.39 is 4.92 Å². The van der Waals surface area contributed by atoms with Crippen molar-refractivity contribution in [1.82, 2.24) is 4.90 Å². The Bertz CT molecular complexity index is 776. The predicted molar refractivity (Wildman–Crippen MR) is 94.0 cm³/mol. The van der Waals surface area contributed by atoms with Gasteiger partial charge in [0.05, 0.1) is 12.0 Å². The number of para-hydroxylation sites is 1. The number of rotatable bonds is 4. The maximum absolute atomic E-state index is 12.4. The average molecular weight is 341 g/mol. The molecule has 1 aliphatic heterocycles. The molecule has 7 heteroatoms. The Labute approximate surface area is 145 Å². The molecular formula is C18H19N3O4. The van der Waals surface area contributed by atoms with Crippen LogP contribution in [0.25, 0.3) is 0 Å². The second-order valence-corrected chi connectivity index (χ2v) is 5.91. The Morgan fingerprint density at radius 1 is 1.24 bits per heavy atom. The Balaban J connectivity index is 1.63. The fourth-order valence-electron chi connectivity index (χ4n) is 3.07. The van der Waals surface area contributed by atoms with Crippen LogP contribution in [0.2, 0.25) is 0 Å². The fraction of sp³-hybridized carbons (Fsp3) is 0.278. The number of carbonyl (C=O) groups excluding carboxylic acids is 1. The number of likely N-dealkylation sites (tertiary alicyclic amines) is 1. The second-order valence-electron chi connectivity index (χ2n) is 5.91. The van der Waals surface area contributed by atoms with Gasteiger partial charge >= 0.3 is 6.03 Å². The first-order valence-corrected chi connectivity index (χ1v) is 8.02. The van der Waals surface area contributed by atoms with Gasteiger partial charge in [-0.1, -0.05) is 18.2 Å². The van der Waals surface area contributed by atoms with E-state index >= 15 is 0 Å². The molecule has 3 rings (SSSR count). The van der Waals surface area contributed by atoms with Crippen LogP contribution in [-0.4, -0.2) is 36.1 Å². The predicted octanol–water partition coefficient (Wildman–Crippen LogP) is 3.62. The maximum Gasteiger partial charge on any atom is 0.321 e. The highest BCUT2D eigenvalue weighted by atomic mass is 16.6. The Morgan fingerprint density at radius 2 is 1.96 bits per heavy atom. The van der Waals surface area contributed by atoms with E-state index in [4.69, 9.17) is 4.74 Å². The second kappa shape index (κ2) is 7.21. The number of non-ortho nitro benzene ring substituents is 1. The summed E-state index contributed by atoms with van der Waals surface area (Å²) in [5, 5.41) is 13.5. The number of nitrogens with zero attached hydrogens (tertiary/aromatic N) is 2. The molecule has 2 amide bonds. The first-order chi connectivity index (χ1) is 12.1. The number of carbonyl (C=O) groups is 1. The highest BCUT2D eigenvalue weighted by Crippen LogP contribution is 2.33. The van der Waals surface area contributed by atoms with Crippen molar-refractivity contribution in [2.75, 3.05) is 25.5 Å². The van der Waals surface area contributed by atoms with Crippen molar-refractivity contribution in [3.63, 3.8) is 0 Å². The monoisotopic (exact) mass is 341 g/mol. The number of ether oxygens (including phenoxy) is 1. The summed E-state index contributed by atoms with van der Waals surface area (Å²) in [4.78, 5) is 24.4. The molecule has 1 saturated heterocycles. The molecule has 0 radical (unpaired) electrons. The number of nitro benzene ring substituents is 1. The van der Waals surface area contributed by atoms with Crippen molar-refractivity contribution in [1.29, 1.82) is 0 Å². The van der Waals surface area contributed by atoms with Crippen molar-refractivity contribution in [2.45, 2.75) is 12.3 Å². The number of anilines is 1. The summed E-state index contributed by atoms with van der Waals surface area (Å²) in [5.41, 5.74) is 1.64. The largest absolute Gasteiger partial charge is 0.496 e. The lowest BCUT2D eigenvalue weighted by Crippen LogP contribution is -2.32. The smallest absolute Gasteiger partial charge is 0.321 e. The highest BCUT2D eigenvalue weighted by Gasteiger charge is 2.29. The molecule has 0 spiro atoms. The third-order valence-electron chi connectivity index (χ3n) is 4.38. The minimum Gasteiger partial charge on any atom is -0.496 e. The van der Waals surface area contributed by atoms with Gasteiger partial charge in [-0.25, -0.2) is 4.79 Å². The standard InChI is InChI=1S/C18H19N3O4/c1-25-17-5-3-2-4-16(17)13-10-11-20(12-13)18(22)19-14-6-8-15(9-7-14)21(23)24/h2-9,13H,10-12H2,1H3,(H,19,22). The molecule has 2 aromatic carbocycles. The molecule has 1 aliphatic rings. The number of methoxy groups -OCH3 is 1. The summed E-state index contributed by atoms with van der Waals surface area (Å²) < 4.78 is 5.41. The molecule has 1 unspecified atom stereocenters. The number of hydrogen-bond acceptors (Lipinski definition) is 4. The van der Waals surface area contributed by atoms with E-state index in [2.05, 4.69) is 5.32 Å². The summed E-state index contributed by atoms with van der Waals surface area (Å²) in [6, 6.07) is 13.5. The SMILES string of the molecule is COc1ccccc1C1CCN(C(=O)Nc2ccc([N+](=O)[O-])cc2)C1. The quantitative estimate of drug-likeness (QED) is 0.680. The zero-order valence-electron chi connectivity index (χ0n) is 13.8. The van der Waals surface area contributed by atoms with Crippen LogP contribution in [0.5, 0.6) is 5.75 Å². The summed E-state index contributed by atoms with van der Waals surface area (Å²) in [7, 11) is 1.65. The molecule has 130 valence electrons. The zero-order chi connectivity index (χ0) is 17.8. The molecule has 2 aromatic rings. The van der Waals surface area contributed by atoms with Crippen LogP contribution < -0.4 is 10.1 Å². The number of nitro groups is 1. The Hall–Kier alpha value is -3.09. The summed E-state index contributed by atoms with van der Waals surface area (Å²) in [5.74, 6) is 1.07. The van der Waals surface area contributed by atoms with Gasteiger partial charge in [0.1, 0.15) is 5.75 Å². The van der Waals surface area contributed by atoms with Gasteiger partial charge in [0.2, 0.25) is 0 Å². The molecule has 0 aliphatic carbocycles. The number of urea groups is 1. The van der Waals surface area contributed by atoms with Crippen LogP contribution in [0.15, 0.2) is 48.5 Å². The Morgan fingerprint density at radius 3 is 2.64 bits per heavy atom.